The van der Waals surface area contributed by atoms with Crippen molar-refractivity contribution in [3.05, 3.63) is 64.4 Å². The maximum atomic E-state index is 12.7. The van der Waals surface area contributed by atoms with Crippen LogP contribution in [0.3, 0.4) is 0 Å². The summed E-state index contributed by atoms with van der Waals surface area (Å²) in [4.78, 5) is 23.6. The molecule has 7 heteroatoms. The van der Waals surface area contributed by atoms with Gasteiger partial charge in [-0.05, 0) is 50.5 Å². The highest BCUT2D eigenvalue weighted by atomic mass is 32.1. The van der Waals surface area contributed by atoms with Crippen molar-refractivity contribution in [2.75, 3.05) is 25.0 Å². The van der Waals surface area contributed by atoms with Gasteiger partial charge in [0.15, 0.2) is 11.7 Å². The molecule has 1 unspecified atom stereocenters. The van der Waals surface area contributed by atoms with E-state index in [2.05, 4.69) is 16.4 Å². The second-order valence-electron chi connectivity index (χ2n) is 7.72. The number of carbonyl (C=O) groups is 1. The number of benzene rings is 1. The second-order valence-corrected chi connectivity index (χ2v) is 8.61. The molecule has 1 aliphatic rings. The average molecular weight is 423 g/mol. The third kappa shape index (κ3) is 4.62. The summed E-state index contributed by atoms with van der Waals surface area (Å²) in [5.41, 5.74) is 5.04. The smallest absolute Gasteiger partial charge is 0.260 e. The first kappa shape index (κ1) is 20.3. The average Bonchev–Trinajstić information content (AvgIpc) is 3.39. The molecule has 4 rings (SSSR count). The SMILES string of the molecule is Cc1cc(Nc2nccs2)cc(C2CCN(C(=O)COc3c(C)cccc3C)C2)n1. The molecular weight excluding hydrogens is 396 g/mol. The highest BCUT2D eigenvalue weighted by Crippen LogP contribution is 2.30. The van der Waals surface area contributed by atoms with E-state index in [4.69, 9.17) is 9.72 Å². The Kier molecular flexibility index (Phi) is 5.99. The molecule has 6 nitrogen and oxygen atoms in total. The van der Waals surface area contributed by atoms with E-state index in [9.17, 15) is 4.79 Å². The van der Waals surface area contributed by atoms with Crippen LogP contribution in [0.2, 0.25) is 0 Å². The lowest BCUT2D eigenvalue weighted by atomic mass is 10.0. The molecule has 1 aliphatic heterocycles. The minimum atomic E-state index is 0.0222. The summed E-state index contributed by atoms with van der Waals surface area (Å²) in [6.07, 6.45) is 2.69. The summed E-state index contributed by atoms with van der Waals surface area (Å²) in [7, 11) is 0. The van der Waals surface area contributed by atoms with Gasteiger partial charge in [0, 0.05) is 47.7 Å². The van der Waals surface area contributed by atoms with Crippen LogP contribution in [0.4, 0.5) is 10.8 Å². The summed E-state index contributed by atoms with van der Waals surface area (Å²) in [6.45, 7) is 7.45. The molecule has 1 fully saturated rings. The Balaban J connectivity index is 1.39. The second kappa shape index (κ2) is 8.83. The number of pyridine rings is 1. The normalized spacial score (nSPS) is 16.0. The Labute approximate surface area is 180 Å². The van der Waals surface area contributed by atoms with Crippen molar-refractivity contribution in [1.82, 2.24) is 14.9 Å². The van der Waals surface area contributed by atoms with E-state index in [0.29, 0.717) is 6.54 Å². The molecule has 3 aromatic rings. The van der Waals surface area contributed by atoms with Crippen LogP contribution in [-0.4, -0.2) is 40.5 Å². The number of likely N-dealkylation sites (tertiary alicyclic amines) is 1. The number of amides is 1. The quantitative estimate of drug-likeness (QED) is 0.629. The van der Waals surface area contributed by atoms with E-state index >= 15 is 0 Å². The summed E-state index contributed by atoms with van der Waals surface area (Å²) in [6, 6.07) is 10.1. The summed E-state index contributed by atoms with van der Waals surface area (Å²) in [5.74, 6) is 1.06. The van der Waals surface area contributed by atoms with Crippen LogP contribution in [0, 0.1) is 20.8 Å². The van der Waals surface area contributed by atoms with Crippen molar-refractivity contribution in [1.29, 1.82) is 0 Å². The molecule has 1 amide bonds. The molecule has 0 radical (unpaired) electrons. The van der Waals surface area contributed by atoms with Gasteiger partial charge in [0.05, 0.1) is 0 Å². The number of hydrogen-bond acceptors (Lipinski definition) is 6. The standard InChI is InChI=1S/C23H26N4O2S/c1-15-5-4-6-16(2)22(15)29-14-21(28)27-9-7-18(13-27)20-12-19(11-17(3)25-20)26-23-24-8-10-30-23/h4-6,8,10-12,18H,7,9,13-14H2,1-3H3,(H,24,25,26). The Morgan fingerprint density at radius 2 is 2.07 bits per heavy atom. The van der Waals surface area contributed by atoms with Gasteiger partial charge in [-0.3, -0.25) is 9.78 Å². The molecule has 0 saturated carbocycles. The fraction of sp³-hybridized carbons (Fsp3) is 0.348. The van der Waals surface area contributed by atoms with Crippen molar-refractivity contribution < 1.29 is 9.53 Å². The fourth-order valence-electron chi connectivity index (χ4n) is 3.86. The van der Waals surface area contributed by atoms with Crippen LogP contribution in [0.15, 0.2) is 41.9 Å². The lowest BCUT2D eigenvalue weighted by Crippen LogP contribution is -2.33. The highest BCUT2D eigenvalue weighted by molar-refractivity contribution is 7.13. The molecule has 0 aliphatic carbocycles. The van der Waals surface area contributed by atoms with E-state index in [1.54, 1.807) is 17.5 Å². The van der Waals surface area contributed by atoms with E-state index in [1.165, 1.54) is 0 Å². The van der Waals surface area contributed by atoms with E-state index < -0.39 is 0 Å². The van der Waals surface area contributed by atoms with Gasteiger partial charge in [-0.1, -0.05) is 18.2 Å². The monoisotopic (exact) mass is 422 g/mol. The lowest BCUT2D eigenvalue weighted by Gasteiger charge is -2.18. The topological polar surface area (TPSA) is 67.4 Å². The Bertz CT molecular complexity index is 1020. The van der Waals surface area contributed by atoms with Gasteiger partial charge in [-0.2, -0.15) is 0 Å². The number of thiazole rings is 1. The number of carbonyl (C=O) groups excluding carboxylic acids is 1. The molecular formula is C23H26N4O2S. The maximum absolute atomic E-state index is 12.7. The van der Waals surface area contributed by atoms with Crippen molar-refractivity contribution in [2.24, 2.45) is 0 Å². The largest absolute Gasteiger partial charge is 0.483 e. The third-order valence-corrected chi connectivity index (χ3v) is 6.05. The number of para-hydroxylation sites is 1. The van der Waals surface area contributed by atoms with Gasteiger partial charge in [0.2, 0.25) is 0 Å². The number of ether oxygens (including phenoxy) is 1. The van der Waals surface area contributed by atoms with Gasteiger partial charge < -0.3 is 15.0 Å². The predicted octanol–water partition coefficient (Wildman–Crippen LogP) is 4.60. The summed E-state index contributed by atoms with van der Waals surface area (Å²) >= 11 is 1.56. The number of hydrogen-bond donors (Lipinski definition) is 1. The van der Waals surface area contributed by atoms with Gasteiger partial charge in [0.25, 0.3) is 5.91 Å². The van der Waals surface area contributed by atoms with Gasteiger partial charge in [-0.15, -0.1) is 11.3 Å². The first-order valence-corrected chi connectivity index (χ1v) is 11.0. The Morgan fingerprint density at radius 3 is 2.80 bits per heavy atom. The van der Waals surface area contributed by atoms with Gasteiger partial charge in [0.1, 0.15) is 5.75 Å². The molecule has 1 saturated heterocycles. The molecule has 2 aromatic heterocycles. The lowest BCUT2D eigenvalue weighted by molar-refractivity contribution is -0.132. The minimum absolute atomic E-state index is 0.0222. The molecule has 1 N–H and O–H groups in total. The molecule has 1 atom stereocenters. The zero-order valence-corrected chi connectivity index (χ0v) is 18.3. The molecule has 1 aromatic carbocycles. The van der Waals surface area contributed by atoms with Crippen LogP contribution in [0.1, 0.15) is 34.9 Å². The van der Waals surface area contributed by atoms with E-state index in [0.717, 1.165) is 52.0 Å². The van der Waals surface area contributed by atoms with Gasteiger partial charge >= 0.3 is 0 Å². The zero-order valence-electron chi connectivity index (χ0n) is 17.5. The van der Waals surface area contributed by atoms with E-state index in [1.807, 2.05) is 55.3 Å². The van der Waals surface area contributed by atoms with Crippen molar-refractivity contribution in [3.63, 3.8) is 0 Å². The van der Waals surface area contributed by atoms with Crippen molar-refractivity contribution in [3.8, 4) is 5.75 Å². The fourth-order valence-corrected chi connectivity index (χ4v) is 4.41. The zero-order chi connectivity index (χ0) is 21.1. The van der Waals surface area contributed by atoms with Crippen molar-refractivity contribution in [2.45, 2.75) is 33.1 Å². The number of aromatic nitrogens is 2. The number of aryl methyl sites for hydroxylation is 3. The van der Waals surface area contributed by atoms with Crippen LogP contribution < -0.4 is 10.1 Å². The molecule has 3 heterocycles. The first-order chi connectivity index (χ1) is 14.5. The number of anilines is 2. The summed E-state index contributed by atoms with van der Waals surface area (Å²) in [5, 5.41) is 6.14. The summed E-state index contributed by atoms with van der Waals surface area (Å²) < 4.78 is 5.86. The van der Waals surface area contributed by atoms with Crippen LogP contribution in [0.25, 0.3) is 0 Å². The molecule has 30 heavy (non-hydrogen) atoms. The number of nitrogens with zero attached hydrogens (tertiary/aromatic N) is 3. The van der Waals surface area contributed by atoms with Crippen LogP contribution in [-0.2, 0) is 4.79 Å². The van der Waals surface area contributed by atoms with Crippen LogP contribution >= 0.6 is 11.3 Å². The van der Waals surface area contributed by atoms with Crippen LogP contribution in [0.5, 0.6) is 5.75 Å². The van der Waals surface area contributed by atoms with Gasteiger partial charge in [-0.25, -0.2) is 4.98 Å². The van der Waals surface area contributed by atoms with Crippen molar-refractivity contribution >= 4 is 28.1 Å². The molecule has 0 spiro atoms. The first-order valence-electron chi connectivity index (χ1n) is 10.1. The predicted molar refractivity (Wildman–Crippen MR) is 120 cm³/mol. The Hall–Kier alpha value is -2.93. The minimum Gasteiger partial charge on any atom is -0.483 e. The molecule has 0 bridgehead atoms. The highest BCUT2D eigenvalue weighted by Gasteiger charge is 2.29. The number of rotatable bonds is 6. The third-order valence-electron chi connectivity index (χ3n) is 5.36. The Morgan fingerprint density at radius 1 is 1.27 bits per heavy atom. The number of nitrogens with one attached hydrogen (secondary N) is 1. The molecule has 156 valence electrons. The maximum Gasteiger partial charge on any atom is 0.260 e. The van der Waals surface area contributed by atoms with E-state index in [-0.39, 0.29) is 18.4 Å².